The molecule has 2 aliphatic heterocycles. The van der Waals surface area contributed by atoms with E-state index < -0.39 is 5.72 Å². The molecule has 1 unspecified atom stereocenters. The predicted molar refractivity (Wildman–Crippen MR) is 171 cm³/mol. The van der Waals surface area contributed by atoms with Gasteiger partial charge in [-0.05, 0) is 79.5 Å². The Labute approximate surface area is 239 Å². The molecule has 0 aliphatic carbocycles. The lowest BCUT2D eigenvalue weighted by atomic mass is 9.77. The maximum absolute atomic E-state index is 7.27. The lowest BCUT2D eigenvalue weighted by Gasteiger charge is -2.48. The van der Waals surface area contributed by atoms with Gasteiger partial charge in [-0.25, -0.2) is 0 Å². The molecule has 4 aromatic carbocycles. The molecule has 0 radical (unpaired) electrons. The molecule has 2 aliphatic rings. The van der Waals surface area contributed by atoms with Crippen LogP contribution in [0.3, 0.4) is 0 Å². The Kier molecular flexibility index (Phi) is 6.21. The Bertz CT molecular complexity index is 1590. The number of benzene rings is 4. The third-order valence-electron chi connectivity index (χ3n) is 8.72. The van der Waals surface area contributed by atoms with Crippen LogP contribution >= 0.6 is 0 Å². The van der Waals surface area contributed by atoms with Crippen molar-refractivity contribution in [3.8, 4) is 16.9 Å². The summed E-state index contributed by atoms with van der Waals surface area (Å²) in [5.41, 5.74) is 6.06. The first-order valence-electron chi connectivity index (χ1n) is 14.6. The van der Waals surface area contributed by atoms with Crippen LogP contribution in [0.1, 0.15) is 54.0 Å². The number of hydrogen-bond donors (Lipinski definition) is 0. The highest BCUT2D eigenvalue weighted by Crippen LogP contribution is 2.56. The fourth-order valence-corrected chi connectivity index (χ4v) is 6.61. The number of aliphatic imine (C=N–C) groups is 1. The number of ether oxygens (including phenoxy) is 1. The van der Waals surface area contributed by atoms with Crippen molar-refractivity contribution in [2.75, 3.05) is 29.4 Å². The average Bonchev–Trinajstić information content (AvgIpc) is 3.11. The van der Waals surface area contributed by atoms with Crippen LogP contribution in [0.25, 0.3) is 21.9 Å². The van der Waals surface area contributed by atoms with Gasteiger partial charge in [-0.3, -0.25) is 4.99 Å². The summed E-state index contributed by atoms with van der Waals surface area (Å²) in [6, 6.07) is 28.5. The van der Waals surface area contributed by atoms with Gasteiger partial charge < -0.3 is 14.5 Å². The van der Waals surface area contributed by atoms with E-state index in [1.54, 1.807) is 0 Å². The second-order valence-corrected chi connectivity index (χ2v) is 12.9. The molecule has 0 saturated carbocycles. The van der Waals surface area contributed by atoms with E-state index in [2.05, 4.69) is 143 Å². The van der Waals surface area contributed by atoms with Crippen LogP contribution in [0.15, 0.2) is 83.9 Å². The molecule has 4 aromatic rings. The summed E-state index contributed by atoms with van der Waals surface area (Å²) in [6.07, 6.45) is 2.08. The molecular weight excluding hydrogens is 490 g/mol. The quantitative estimate of drug-likeness (QED) is 0.257. The third kappa shape index (κ3) is 3.99. The second-order valence-electron chi connectivity index (χ2n) is 12.9. The molecule has 0 amide bonds. The minimum Gasteiger partial charge on any atom is -0.459 e. The minimum absolute atomic E-state index is 0.0686. The molecule has 2 heterocycles. The molecule has 4 nitrogen and oxygen atoms in total. The summed E-state index contributed by atoms with van der Waals surface area (Å²) >= 11 is 0. The van der Waals surface area contributed by atoms with Crippen molar-refractivity contribution in [3.63, 3.8) is 0 Å². The van der Waals surface area contributed by atoms with Crippen LogP contribution in [-0.4, -0.2) is 31.6 Å². The summed E-state index contributed by atoms with van der Waals surface area (Å²) in [4.78, 5) is 10.0. The zero-order chi connectivity index (χ0) is 28.3. The summed E-state index contributed by atoms with van der Waals surface area (Å²) < 4.78 is 7.27. The average molecular weight is 532 g/mol. The molecule has 0 bridgehead atoms. The summed E-state index contributed by atoms with van der Waals surface area (Å²) in [6.45, 7) is 18.7. The van der Waals surface area contributed by atoms with Crippen molar-refractivity contribution in [1.82, 2.24) is 0 Å². The lowest BCUT2D eigenvalue weighted by molar-refractivity contribution is 0.0717. The topological polar surface area (TPSA) is 28.1 Å². The Morgan fingerprint density at radius 1 is 0.850 bits per heavy atom. The Morgan fingerprint density at radius 3 is 2.17 bits per heavy atom. The second kappa shape index (κ2) is 9.40. The number of anilines is 2. The lowest BCUT2D eigenvalue weighted by Crippen LogP contribution is -2.63. The third-order valence-corrected chi connectivity index (χ3v) is 8.72. The van der Waals surface area contributed by atoms with Crippen LogP contribution in [0.5, 0.6) is 5.75 Å². The standard InChI is InChI=1S/C36H41N3O/c1-8-38(9-2)26-20-18-25(19-21-26)29-22-32-33(28-15-11-10-14-27(28)29)37-23-36(40-32)35(6,7)30-16-12-13-17-31(30)39(36)24-34(3,4)5/h10-23H,8-9,24H2,1-7H3. The Morgan fingerprint density at radius 2 is 1.50 bits per heavy atom. The highest BCUT2D eigenvalue weighted by molar-refractivity contribution is 6.07. The number of nitrogens with zero attached hydrogens (tertiary/aromatic N) is 3. The van der Waals surface area contributed by atoms with Crippen molar-refractivity contribution in [3.05, 3.63) is 84.4 Å². The molecule has 6 rings (SSSR count). The predicted octanol–water partition coefficient (Wildman–Crippen LogP) is 8.99. The Balaban J connectivity index is 1.52. The molecular formula is C36H41N3O. The van der Waals surface area contributed by atoms with E-state index in [0.29, 0.717) is 0 Å². The van der Waals surface area contributed by atoms with Gasteiger partial charge in [-0.15, -0.1) is 0 Å². The van der Waals surface area contributed by atoms with Gasteiger partial charge >= 0.3 is 0 Å². The van der Waals surface area contributed by atoms with Gasteiger partial charge in [0.25, 0.3) is 0 Å². The van der Waals surface area contributed by atoms with E-state index in [9.17, 15) is 0 Å². The maximum atomic E-state index is 7.27. The van der Waals surface area contributed by atoms with Gasteiger partial charge in [-0.2, -0.15) is 0 Å². The van der Waals surface area contributed by atoms with Crippen molar-refractivity contribution < 1.29 is 4.74 Å². The largest absolute Gasteiger partial charge is 0.459 e. The van der Waals surface area contributed by atoms with Crippen LogP contribution < -0.4 is 14.5 Å². The fraction of sp³-hybridized carbons (Fsp3) is 0.361. The fourth-order valence-electron chi connectivity index (χ4n) is 6.61. The van der Waals surface area contributed by atoms with E-state index in [1.165, 1.54) is 33.5 Å². The number of hydrogen-bond acceptors (Lipinski definition) is 4. The number of fused-ring (bicyclic) bond motifs is 4. The van der Waals surface area contributed by atoms with E-state index in [1.807, 2.05) is 0 Å². The highest BCUT2D eigenvalue weighted by Gasteiger charge is 2.60. The molecule has 40 heavy (non-hydrogen) atoms. The number of para-hydroxylation sites is 1. The van der Waals surface area contributed by atoms with E-state index in [0.717, 1.165) is 36.5 Å². The van der Waals surface area contributed by atoms with E-state index in [4.69, 9.17) is 9.73 Å². The van der Waals surface area contributed by atoms with Crippen molar-refractivity contribution >= 4 is 34.0 Å². The molecule has 1 spiro atoms. The minimum atomic E-state index is -0.733. The van der Waals surface area contributed by atoms with Crippen LogP contribution in [0.4, 0.5) is 17.1 Å². The first kappa shape index (κ1) is 26.4. The molecule has 0 N–H and O–H groups in total. The van der Waals surface area contributed by atoms with Crippen molar-refractivity contribution in [1.29, 1.82) is 0 Å². The van der Waals surface area contributed by atoms with Crippen molar-refractivity contribution in [2.24, 2.45) is 10.4 Å². The van der Waals surface area contributed by atoms with Gasteiger partial charge in [-0.1, -0.05) is 75.4 Å². The normalized spacial score (nSPS) is 19.0. The first-order chi connectivity index (χ1) is 19.1. The zero-order valence-corrected chi connectivity index (χ0v) is 25.0. The van der Waals surface area contributed by atoms with Crippen LogP contribution in [0, 0.1) is 5.41 Å². The summed E-state index contributed by atoms with van der Waals surface area (Å²) in [5, 5.41) is 2.30. The highest BCUT2D eigenvalue weighted by atomic mass is 16.5. The van der Waals surface area contributed by atoms with Gasteiger partial charge in [0, 0.05) is 36.4 Å². The van der Waals surface area contributed by atoms with Gasteiger partial charge in [0.15, 0.2) is 0 Å². The molecule has 0 fully saturated rings. The summed E-state index contributed by atoms with van der Waals surface area (Å²) in [7, 11) is 0. The van der Waals surface area contributed by atoms with Crippen molar-refractivity contribution in [2.45, 2.75) is 59.6 Å². The zero-order valence-electron chi connectivity index (χ0n) is 25.0. The molecule has 0 aromatic heterocycles. The number of rotatable bonds is 5. The molecule has 206 valence electrons. The SMILES string of the molecule is CCN(CC)c1ccc(-c2cc3c(c4ccccc24)N=CC2(O3)N(CC(C)(C)C)c3ccccc3C2(C)C)cc1. The smallest absolute Gasteiger partial charge is 0.228 e. The van der Waals surface area contributed by atoms with Gasteiger partial charge in [0.1, 0.15) is 11.4 Å². The van der Waals surface area contributed by atoms with Crippen LogP contribution in [-0.2, 0) is 5.41 Å². The Hall–Kier alpha value is -3.79. The van der Waals surface area contributed by atoms with Gasteiger partial charge in [0.05, 0.1) is 11.6 Å². The monoisotopic (exact) mass is 531 g/mol. The molecule has 0 saturated heterocycles. The maximum Gasteiger partial charge on any atom is 0.228 e. The first-order valence-corrected chi connectivity index (χ1v) is 14.6. The molecule has 1 atom stereocenters. The van der Waals surface area contributed by atoms with Crippen LogP contribution in [0.2, 0.25) is 0 Å². The van der Waals surface area contributed by atoms with E-state index in [-0.39, 0.29) is 10.8 Å². The van der Waals surface area contributed by atoms with E-state index >= 15 is 0 Å². The summed E-state index contributed by atoms with van der Waals surface area (Å²) in [5.74, 6) is 0.837. The molecule has 4 heteroatoms. The van der Waals surface area contributed by atoms with Gasteiger partial charge in [0.2, 0.25) is 5.72 Å².